The van der Waals surface area contributed by atoms with E-state index in [4.69, 9.17) is 5.26 Å². The zero-order valence-corrected chi connectivity index (χ0v) is 8.92. The minimum Gasteiger partial charge on any atom is -0.293 e. The highest BCUT2D eigenvalue weighted by Gasteiger charge is 2.20. The molecule has 80 valence electrons. The van der Waals surface area contributed by atoms with Crippen LogP contribution in [0.3, 0.4) is 0 Å². The summed E-state index contributed by atoms with van der Waals surface area (Å²) in [6.45, 7) is 1.83. The van der Waals surface area contributed by atoms with Crippen LogP contribution in [0.15, 0.2) is 30.6 Å². The van der Waals surface area contributed by atoms with Gasteiger partial charge in [-0.05, 0) is 18.6 Å². The molecule has 0 aromatic carbocycles. The smallest absolute Gasteiger partial charge is 0.183 e. The molecule has 2 aromatic rings. The van der Waals surface area contributed by atoms with E-state index in [1.165, 1.54) is 6.20 Å². The average Bonchev–Trinajstić information content (AvgIpc) is 2.74. The van der Waals surface area contributed by atoms with Crippen LogP contribution in [-0.2, 0) is 0 Å². The summed E-state index contributed by atoms with van der Waals surface area (Å²) in [7, 11) is 0. The zero-order valence-electron chi connectivity index (χ0n) is 8.92. The number of carbonyl (C=O) groups excluding carboxylic acids is 1. The largest absolute Gasteiger partial charge is 0.293 e. The maximum absolute atomic E-state index is 12.0. The van der Waals surface area contributed by atoms with Gasteiger partial charge < -0.3 is 0 Å². The fraction of sp³-hybridized carbons (Fsp3) is 0.250. The van der Waals surface area contributed by atoms with Crippen molar-refractivity contribution in [1.29, 1.82) is 5.26 Å². The number of nitriles is 1. The lowest BCUT2D eigenvalue weighted by Crippen LogP contribution is -2.11. The summed E-state index contributed by atoms with van der Waals surface area (Å²) in [6.07, 6.45) is 3.83. The molecular weight excluding hydrogens is 202 g/mol. The summed E-state index contributed by atoms with van der Waals surface area (Å²) >= 11 is 0. The van der Waals surface area contributed by atoms with Crippen molar-refractivity contribution in [2.45, 2.75) is 13.3 Å². The Balaban J connectivity index is 2.49. The molecule has 2 aromatic heterocycles. The third-order valence-electron chi connectivity index (χ3n) is 2.57. The second-order valence-electron chi connectivity index (χ2n) is 3.54. The molecule has 0 spiro atoms. The van der Waals surface area contributed by atoms with Gasteiger partial charge in [0.05, 0.1) is 23.3 Å². The van der Waals surface area contributed by atoms with E-state index in [9.17, 15) is 4.79 Å². The highest BCUT2D eigenvalue weighted by atomic mass is 16.1. The Morgan fingerprint density at radius 3 is 3.12 bits per heavy atom. The third-order valence-corrected chi connectivity index (χ3v) is 2.57. The second-order valence-corrected chi connectivity index (χ2v) is 3.54. The van der Waals surface area contributed by atoms with E-state index < -0.39 is 5.92 Å². The van der Waals surface area contributed by atoms with Gasteiger partial charge in [-0.3, -0.25) is 4.79 Å². The summed E-state index contributed by atoms with van der Waals surface area (Å²) in [5, 5.41) is 12.9. The van der Waals surface area contributed by atoms with Gasteiger partial charge in [-0.2, -0.15) is 10.4 Å². The van der Waals surface area contributed by atoms with Gasteiger partial charge in [0.1, 0.15) is 5.92 Å². The summed E-state index contributed by atoms with van der Waals surface area (Å²) in [4.78, 5) is 12.0. The van der Waals surface area contributed by atoms with E-state index in [2.05, 4.69) is 5.10 Å². The number of ketones is 1. The lowest BCUT2D eigenvalue weighted by atomic mass is 9.98. The fourth-order valence-electron chi connectivity index (χ4n) is 1.65. The first-order valence-electron chi connectivity index (χ1n) is 5.14. The number of hydrogen-bond acceptors (Lipinski definition) is 3. The van der Waals surface area contributed by atoms with E-state index in [0.717, 1.165) is 5.52 Å². The number of Topliss-reactive ketones (excluding diaryl/α,β-unsaturated/α-hetero) is 1. The van der Waals surface area contributed by atoms with Crippen LogP contribution in [0.1, 0.15) is 23.7 Å². The summed E-state index contributed by atoms with van der Waals surface area (Å²) < 4.78 is 1.64. The lowest BCUT2D eigenvalue weighted by molar-refractivity contribution is 0.0948. The molecule has 4 heteroatoms. The van der Waals surface area contributed by atoms with E-state index in [1.807, 2.05) is 31.2 Å². The predicted molar refractivity (Wildman–Crippen MR) is 58.9 cm³/mol. The van der Waals surface area contributed by atoms with Gasteiger partial charge >= 0.3 is 0 Å². The van der Waals surface area contributed by atoms with Crippen molar-refractivity contribution in [2.75, 3.05) is 0 Å². The van der Waals surface area contributed by atoms with Crippen LogP contribution in [0.2, 0.25) is 0 Å². The van der Waals surface area contributed by atoms with Crippen LogP contribution in [0.25, 0.3) is 5.52 Å². The summed E-state index contributed by atoms with van der Waals surface area (Å²) in [6, 6.07) is 7.53. The molecule has 16 heavy (non-hydrogen) atoms. The van der Waals surface area contributed by atoms with Crippen LogP contribution in [-0.4, -0.2) is 15.4 Å². The Bertz CT molecular complexity index is 565. The molecule has 0 aliphatic rings. The molecule has 1 atom stereocenters. The molecule has 0 saturated heterocycles. The molecule has 0 radical (unpaired) electrons. The van der Waals surface area contributed by atoms with Gasteiger partial charge in [-0.15, -0.1) is 0 Å². The number of nitrogens with zero attached hydrogens (tertiary/aromatic N) is 3. The minimum absolute atomic E-state index is 0.147. The second kappa shape index (κ2) is 4.15. The van der Waals surface area contributed by atoms with Crippen LogP contribution in [0, 0.1) is 17.2 Å². The number of fused-ring (bicyclic) bond motifs is 1. The maximum atomic E-state index is 12.0. The molecule has 0 N–H and O–H groups in total. The number of aromatic nitrogens is 2. The Morgan fingerprint density at radius 1 is 1.62 bits per heavy atom. The highest BCUT2D eigenvalue weighted by Crippen LogP contribution is 2.16. The summed E-state index contributed by atoms with van der Waals surface area (Å²) in [5.74, 6) is -0.723. The quantitative estimate of drug-likeness (QED) is 0.733. The zero-order chi connectivity index (χ0) is 11.5. The highest BCUT2D eigenvalue weighted by molar-refractivity contribution is 6.04. The molecule has 2 rings (SSSR count). The Hall–Kier alpha value is -2.15. The van der Waals surface area contributed by atoms with Crippen molar-refractivity contribution < 1.29 is 4.79 Å². The van der Waals surface area contributed by atoms with Crippen molar-refractivity contribution >= 4 is 11.3 Å². The molecule has 0 bridgehead atoms. The topological polar surface area (TPSA) is 58.2 Å². The summed E-state index contributed by atoms with van der Waals surface area (Å²) in [5.41, 5.74) is 1.27. The first-order chi connectivity index (χ1) is 7.77. The Labute approximate surface area is 93.1 Å². The van der Waals surface area contributed by atoms with E-state index >= 15 is 0 Å². The maximum Gasteiger partial charge on any atom is 0.183 e. The molecule has 1 unspecified atom stereocenters. The van der Waals surface area contributed by atoms with Crippen molar-refractivity contribution in [3.8, 4) is 6.07 Å². The SMILES string of the molecule is CCC(C#N)C(=O)c1cnn2ccccc12. The Kier molecular flexibility index (Phi) is 2.69. The van der Waals surface area contributed by atoms with Crippen molar-refractivity contribution in [2.24, 2.45) is 5.92 Å². The molecule has 0 aliphatic heterocycles. The van der Waals surface area contributed by atoms with Crippen LogP contribution >= 0.6 is 0 Å². The van der Waals surface area contributed by atoms with Gasteiger partial charge in [0.15, 0.2) is 5.78 Å². The van der Waals surface area contributed by atoms with E-state index in [0.29, 0.717) is 12.0 Å². The first kappa shape index (κ1) is 10.4. The van der Waals surface area contributed by atoms with Gasteiger partial charge in [0, 0.05) is 6.20 Å². The molecular formula is C12H11N3O. The third kappa shape index (κ3) is 1.57. The van der Waals surface area contributed by atoms with Crippen LogP contribution < -0.4 is 0 Å². The van der Waals surface area contributed by atoms with Crippen LogP contribution in [0.4, 0.5) is 0 Å². The number of rotatable bonds is 3. The number of carbonyl (C=O) groups is 1. The van der Waals surface area contributed by atoms with Gasteiger partial charge in [-0.25, -0.2) is 4.52 Å². The standard InChI is InChI=1S/C12H11N3O/c1-2-9(7-13)12(16)10-8-14-15-6-4-3-5-11(10)15/h3-6,8-9H,2H2,1H3. The first-order valence-corrected chi connectivity index (χ1v) is 5.14. The van der Waals surface area contributed by atoms with Crippen molar-refractivity contribution in [3.05, 3.63) is 36.2 Å². The van der Waals surface area contributed by atoms with E-state index in [1.54, 1.807) is 10.7 Å². The molecule has 2 heterocycles. The van der Waals surface area contributed by atoms with E-state index in [-0.39, 0.29) is 5.78 Å². The van der Waals surface area contributed by atoms with Gasteiger partial charge in [-0.1, -0.05) is 13.0 Å². The van der Waals surface area contributed by atoms with Crippen LogP contribution in [0.5, 0.6) is 0 Å². The fourth-order valence-corrected chi connectivity index (χ4v) is 1.65. The van der Waals surface area contributed by atoms with Crippen molar-refractivity contribution in [3.63, 3.8) is 0 Å². The lowest BCUT2D eigenvalue weighted by Gasteiger charge is -2.02. The van der Waals surface area contributed by atoms with Gasteiger partial charge in [0.25, 0.3) is 0 Å². The molecule has 4 nitrogen and oxygen atoms in total. The average molecular weight is 213 g/mol. The predicted octanol–water partition coefficient (Wildman–Crippen LogP) is 2.07. The molecule has 0 fully saturated rings. The monoisotopic (exact) mass is 213 g/mol. The number of pyridine rings is 1. The normalized spacial score (nSPS) is 12.2. The number of hydrogen-bond donors (Lipinski definition) is 0. The van der Waals surface area contributed by atoms with Gasteiger partial charge in [0.2, 0.25) is 0 Å². The Morgan fingerprint density at radius 2 is 2.44 bits per heavy atom. The minimum atomic E-state index is -0.576. The molecule has 0 amide bonds. The molecule has 0 aliphatic carbocycles. The molecule has 0 saturated carbocycles. The van der Waals surface area contributed by atoms with Crippen molar-refractivity contribution in [1.82, 2.24) is 9.61 Å².